The summed E-state index contributed by atoms with van der Waals surface area (Å²) in [6.45, 7) is 3.53. The highest BCUT2D eigenvalue weighted by molar-refractivity contribution is 5.39. The van der Waals surface area contributed by atoms with Gasteiger partial charge in [-0.05, 0) is 23.3 Å². The molecule has 0 spiro atoms. The molecule has 150 valence electrons. The smallest absolute Gasteiger partial charge is 0.433 e. The second-order valence-corrected chi connectivity index (χ2v) is 6.80. The molecule has 2 aliphatic heterocycles. The molecule has 1 aromatic heterocycles. The van der Waals surface area contributed by atoms with Crippen molar-refractivity contribution in [1.29, 1.82) is 0 Å². The predicted octanol–water partition coefficient (Wildman–Crippen LogP) is 2.71. The van der Waals surface area contributed by atoms with Gasteiger partial charge in [0, 0.05) is 32.3 Å². The minimum absolute atomic E-state index is 0.0931. The van der Waals surface area contributed by atoms with E-state index in [-0.39, 0.29) is 18.7 Å². The number of nitrogens with zero attached hydrogens (tertiary/aromatic N) is 3. The molecule has 0 bridgehead atoms. The molecule has 0 N–H and O–H groups in total. The first-order valence-electron chi connectivity index (χ1n) is 9.09. The molecule has 1 unspecified atom stereocenters. The molecule has 0 amide bonds. The standard InChI is InChI=1S/C19H20F3N3O3/c20-19(21,22)17-3-5-23-18(24-17)28-12-15-11-25(6-8-26-15)10-13-1-2-16-14(9-13)4-7-27-16/h1-3,5,9,15H,4,6-8,10-12H2. The molecule has 1 atom stereocenters. The monoisotopic (exact) mass is 395 g/mol. The summed E-state index contributed by atoms with van der Waals surface area (Å²) < 4.78 is 54.7. The van der Waals surface area contributed by atoms with Crippen molar-refractivity contribution < 1.29 is 27.4 Å². The maximum atomic E-state index is 12.7. The molecule has 0 aliphatic carbocycles. The Hall–Kier alpha value is -2.39. The second-order valence-electron chi connectivity index (χ2n) is 6.80. The fraction of sp³-hybridized carbons (Fsp3) is 0.474. The zero-order valence-electron chi connectivity index (χ0n) is 15.1. The van der Waals surface area contributed by atoms with E-state index in [1.54, 1.807) is 0 Å². The minimum atomic E-state index is -4.53. The van der Waals surface area contributed by atoms with Crippen molar-refractivity contribution >= 4 is 0 Å². The molecule has 1 fully saturated rings. The van der Waals surface area contributed by atoms with Crippen LogP contribution in [0.15, 0.2) is 30.5 Å². The normalized spacial score (nSPS) is 19.9. The number of rotatable bonds is 5. The van der Waals surface area contributed by atoms with Gasteiger partial charge in [0.15, 0.2) is 5.69 Å². The highest BCUT2D eigenvalue weighted by Crippen LogP contribution is 2.28. The summed E-state index contributed by atoms with van der Waals surface area (Å²) in [5.74, 6) is 0.957. The van der Waals surface area contributed by atoms with E-state index < -0.39 is 11.9 Å². The number of morpholine rings is 1. The van der Waals surface area contributed by atoms with Crippen LogP contribution in [-0.2, 0) is 23.9 Å². The quantitative estimate of drug-likeness (QED) is 0.776. The van der Waals surface area contributed by atoms with Crippen LogP contribution in [0.2, 0.25) is 0 Å². The van der Waals surface area contributed by atoms with Crippen molar-refractivity contribution in [2.75, 3.05) is 32.9 Å². The number of ether oxygens (including phenoxy) is 3. The first-order chi connectivity index (χ1) is 13.5. The Labute approximate surface area is 160 Å². The van der Waals surface area contributed by atoms with Crippen molar-refractivity contribution in [2.24, 2.45) is 0 Å². The van der Waals surface area contributed by atoms with Crippen LogP contribution >= 0.6 is 0 Å². The summed E-state index contributed by atoms with van der Waals surface area (Å²) in [4.78, 5) is 9.39. The summed E-state index contributed by atoms with van der Waals surface area (Å²) in [6.07, 6.45) is -2.82. The van der Waals surface area contributed by atoms with E-state index in [0.29, 0.717) is 13.2 Å². The number of aromatic nitrogens is 2. The summed E-state index contributed by atoms with van der Waals surface area (Å²) >= 11 is 0. The van der Waals surface area contributed by atoms with Gasteiger partial charge in [0.25, 0.3) is 0 Å². The van der Waals surface area contributed by atoms with Gasteiger partial charge in [0.2, 0.25) is 0 Å². The predicted molar refractivity (Wildman–Crippen MR) is 93.2 cm³/mol. The molecular formula is C19H20F3N3O3. The minimum Gasteiger partial charge on any atom is -0.493 e. The van der Waals surface area contributed by atoms with Crippen LogP contribution in [0.1, 0.15) is 16.8 Å². The number of hydrogen-bond acceptors (Lipinski definition) is 6. The van der Waals surface area contributed by atoms with E-state index in [1.807, 2.05) is 6.07 Å². The van der Waals surface area contributed by atoms with Gasteiger partial charge in [0.1, 0.15) is 18.5 Å². The van der Waals surface area contributed by atoms with E-state index in [0.717, 1.165) is 44.1 Å². The molecule has 4 rings (SSSR count). The van der Waals surface area contributed by atoms with Crippen molar-refractivity contribution in [3.8, 4) is 11.8 Å². The van der Waals surface area contributed by atoms with E-state index in [4.69, 9.17) is 14.2 Å². The number of halogens is 3. The lowest BCUT2D eigenvalue weighted by molar-refractivity contribution is -0.141. The Balaban J connectivity index is 1.32. The average Bonchev–Trinajstić information content (AvgIpc) is 3.14. The van der Waals surface area contributed by atoms with Gasteiger partial charge in [-0.25, -0.2) is 4.98 Å². The SMILES string of the molecule is FC(F)(F)c1ccnc(OCC2CN(Cc3ccc4c(c3)CCO4)CCO2)n1. The number of alkyl halides is 3. The van der Waals surface area contributed by atoms with Gasteiger partial charge in [0.05, 0.1) is 13.2 Å². The van der Waals surface area contributed by atoms with E-state index in [2.05, 4.69) is 27.0 Å². The highest BCUT2D eigenvalue weighted by atomic mass is 19.4. The van der Waals surface area contributed by atoms with Crippen molar-refractivity contribution in [3.63, 3.8) is 0 Å². The fourth-order valence-corrected chi connectivity index (χ4v) is 3.36. The van der Waals surface area contributed by atoms with Crippen molar-refractivity contribution in [1.82, 2.24) is 14.9 Å². The molecule has 0 saturated carbocycles. The summed E-state index contributed by atoms with van der Waals surface area (Å²) in [6, 6.07) is 6.74. The van der Waals surface area contributed by atoms with Gasteiger partial charge in [-0.3, -0.25) is 4.90 Å². The zero-order chi connectivity index (χ0) is 19.6. The fourth-order valence-electron chi connectivity index (χ4n) is 3.36. The van der Waals surface area contributed by atoms with Crippen LogP contribution in [0, 0.1) is 0 Å². The first kappa shape index (κ1) is 18.9. The van der Waals surface area contributed by atoms with Crippen molar-refractivity contribution in [2.45, 2.75) is 25.2 Å². The Kier molecular flexibility index (Phi) is 5.36. The first-order valence-corrected chi connectivity index (χ1v) is 9.09. The van der Waals surface area contributed by atoms with Crippen LogP contribution in [0.25, 0.3) is 0 Å². The zero-order valence-corrected chi connectivity index (χ0v) is 15.1. The summed E-state index contributed by atoms with van der Waals surface area (Å²) in [7, 11) is 0. The van der Waals surface area contributed by atoms with Crippen LogP contribution in [0.3, 0.4) is 0 Å². The third kappa shape index (κ3) is 4.53. The Bertz CT molecular complexity index is 832. The van der Waals surface area contributed by atoms with Gasteiger partial charge in [-0.15, -0.1) is 0 Å². The third-order valence-corrected chi connectivity index (χ3v) is 4.71. The molecule has 9 heteroatoms. The maximum absolute atomic E-state index is 12.7. The molecule has 28 heavy (non-hydrogen) atoms. The van der Waals surface area contributed by atoms with E-state index in [9.17, 15) is 13.2 Å². The van der Waals surface area contributed by atoms with Crippen LogP contribution in [0.4, 0.5) is 13.2 Å². The van der Waals surface area contributed by atoms with Gasteiger partial charge < -0.3 is 14.2 Å². The molecule has 2 aliphatic rings. The van der Waals surface area contributed by atoms with Crippen LogP contribution < -0.4 is 9.47 Å². The topological polar surface area (TPSA) is 56.7 Å². The van der Waals surface area contributed by atoms with E-state index >= 15 is 0 Å². The van der Waals surface area contributed by atoms with Gasteiger partial charge >= 0.3 is 12.2 Å². The third-order valence-electron chi connectivity index (χ3n) is 4.71. The lowest BCUT2D eigenvalue weighted by Gasteiger charge is -2.32. The molecular weight excluding hydrogens is 375 g/mol. The Morgan fingerprint density at radius 3 is 2.96 bits per heavy atom. The maximum Gasteiger partial charge on any atom is 0.433 e. The van der Waals surface area contributed by atoms with E-state index in [1.165, 1.54) is 11.1 Å². The molecule has 0 radical (unpaired) electrons. The lowest BCUT2D eigenvalue weighted by Crippen LogP contribution is -2.44. The number of benzene rings is 1. The molecule has 3 heterocycles. The largest absolute Gasteiger partial charge is 0.493 e. The molecule has 1 aromatic carbocycles. The van der Waals surface area contributed by atoms with Gasteiger partial charge in [-0.2, -0.15) is 18.2 Å². The molecule has 1 saturated heterocycles. The highest BCUT2D eigenvalue weighted by Gasteiger charge is 2.33. The average molecular weight is 395 g/mol. The second kappa shape index (κ2) is 7.92. The van der Waals surface area contributed by atoms with Crippen LogP contribution in [0.5, 0.6) is 11.8 Å². The lowest BCUT2D eigenvalue weighted by atomic mass is 10.1. The Morgan fingerprint density at radius 2 is 2.11 bits per heavy atom. The molecule has 2 aromatic rings. The van der Waals surface area contributed by atoms with Gasteiger partial charge in [-0.1, -0.05) is 12.1 Å². The Morgan fingerprint density at radius 1 is 1.21 bits per heavy atom. The summed E-state index contributed by atoms with van der Waals surface area (Å²) in [5.41, 5.74) is 1.41. The van der Waals surface area contributed by atoms with Crippen molar-refractivity contribution in [3.05, 3.63) is 47.3 Å². The van der Waals surface area contributed by atoms with Crippen LogP contribution in [-0.4, -0.2) is 53.9 Å². The number of fused-ring (bicyclic) bond motifs is 1. The number of hydrogen-bond donors (Lipinski definition) is 0. The summed E-state index contributed by atoms with van der Waals surface area (Å²) in [5, 5.41) is 0. The molecule has 6 nitrogen and oxygen atoms in total.